The molecule has 7 nitrogen and oxygen atoms in total. The number of nitrogens with zero attached hydrogens (tertiary/aromatic N) is 2. The van der Waals surface area contributed by atoms with Crippen LogP contribution < -0.4 is 10.1 Å². The molecule has 4 rings (SSSR count). The highest BCUT2D eigenvalue weighted by molar-refractivity contribution is 7.18. The van der Waals surface area contributed by atoms with Crippen LogP contribution in [0.3, 0.4) is 0 Å². The number of benzene rings is 1. The lowest BCUT2D eigenvalue weighted by Gasteiger charge is -2.07. The summed E-state index contributed by atoms with van der Waals surface area (Å²) >= 11 is 1.65. The van der Waals surface area contributed by atoms with Crippen LogP contribution in [-0.4, -0.2) is 35.6 Å². The number of hydrogen-bond acceptors (Lipinski definition) is 7. The number of nitrogens with one attached hydrogen (secondary N) is 1. The fourth-order valence-electron chi connectivity index (χ4n) is 3.23. The first kappa shape index (κ1) is 18.9. The van der Waals surface area contributed by atoms with Crippen molar-refractivity contribution in [1.82, 2.24) is 15.3 Å². The van der Waals surface area contributed by atoms with Gasteiger partial charge in [-0.2, -0.15) is 0 Å². The summed E-state index contributed by atoms with van der Waals surface area (Å²) in [6, 6.07) is 5.78. The number of carbonyl (C=O) groups is 1. The molecule has 0 saturated carbocycles. The van der Waals surface area contributed by atoms with Gasteiger partial charge in [-0.25, -0.2) is 9.97 Å². The maximum atomic E-state index is 12.2. The summed E-state index contributed by atoms with van der Waals surface area (Å²) in [5, 5.41) is 3.90. The Morgan fingerprint density at radius 2 is 2.32 bits per heavy atom. The van der Waals surface area contributed by atoms with Crippen molar-refractivity contribution in [3.05, 3.63) is 41.1 Å². The molecule has 1 fully saturated rings. The largest absolute Gasteiger partial charge is 0.484 e. The average Bonchev–Trinajstić information content (AvgIpc) is 3.42. The van der Waals surface area contributed by atoms with Crippen molar-refractivity contribution < 1.29 is 18.7 Å². The van der Waals surface area contributed by atoms with E-state index in [0.717, 1.165) is 47.7 Å². The van der Waals surface area contributed by atoms with Crippen molar-refractivity contribution >= 4 is 27.5 Å². The van der Waals surface area contributed by atoms with E-state index >= 15 is 0 Å². The smallest absolute Gasteiger partial charge is 0.273 e. The van der Waals surface area contributed by atoms with E-state index in [9.17, 15) is 4.79 Å². The van der Waals surface area contributed by atoms with Gasteiger partial charge in [0.25, 0.3) is 5.91 Å². The minimum Gasteiger partial charge on any atom is -0.484 e. The average molecular weight is 401 g/mol. The second kappa shape index (κ2) is 8.70. The van der Waals surface area contributed by atoms with E-state index in [-0.39, 0.29) is 18.2 Å². The number of ether oxygens (including phenoxy) is 2. The van der Waals surface area contributed by atoms with Gasteiger partial charge in [0.15, 0.2) is 12.3 Å². The molecule has 3 heterocycles. The van der Waals surface area contributed by atoms with Crippen molar-refractivity contribution in [2.45, 2.75) is 32.8 Å². The monoisotopic (exact) mass is 401 g/mol. The van der Waals surface area contributed by atoms with Gasteiger partial charge in [-0.1, -0.05) is 0 Å². The molecule has 0 spiro atoms. The van der Waals surface area contributed by atoms with E-state index in [1.807, 2.05) is 25.1 Å². The van der Waals surface area contributed by atoms with Gasteiger partial charge in [-0.05, 0) is 44.2 Å². The minimum absolute atomic E-state index is 0.156. The number of amides is 1. The zero-order valence-corrected chi connectivity index (χ0v) is 16.6. The number of oxazole rings is 1. The highest BCUT2D eigenvalue weighted by atomic mass is 32.1. The van der Waals surface area contributed by atoms with Crippen molar-refractivity contribution in [3.63, 3.8) is 0 Å². The second-order valence-electron chi connectivity index (χ2n) is 6.91. The van der Waals surface area contributed by atoms with Crippen molar-refractivity contribution in [1.29, 1.82) is 0 Å². The summed E-state index contributed by atoms with van der Waals surface area (Å²) in [7, 11) is 0. The fraction of sp³-hybridized carbons (Fsp3) is 0.450. The van der Waals surface area contributed by atoms with E-state index in [1.165, 1.54) is 6.26 Å². The predicted molar refractivity (Wildman–Crippen MR) is 106 cm³/mol. The van der Waals surface area contributed by atoms with Crippen molar-refractivity contribution in [3.8, 4) is 5.75 Å². The molecular weight excluding hydrogens is 378 g/mol. The summed E-state index contributed by atoms with van der Waals surface area (Å²) in [4.78, 5) is 20.8. The van der Waals surface area contributed by atoms with Crippen LogP contribution in [0.25, 0.3) is 10.2 Å². The Labute approximate surface area is 167 Å². The summed E-state index contributed by atoms with van der Waals surface area (Å²) in [5.74, 6) is 1.46. The third kappa shape index (κ3) is 4.69. The van der Waals surface area contributed by atoms with Gasteiger partial charge >= 0.3 is 0 Å². The molecule has 1 amide bonds. The molecule has 1 aliphatic rings. The van der Waals surface area contributed by atoms with Crippen LogP contribution in [0.5, 0.6) is 5.75 Å². The molecule has 1 N–H and O–H groups in total. The Morgan fingerprint density at radius 3 is 3.18 bits per heavy atom. The van der Waals surface area contributed by atoms with Gasteiger partial charge in [0.05, 0.1) is 15.2 Å². The Kier molecular flexibility index (Phi) is 5.87. The maximum absolute atomic E-state index is 12.2. The normalized spacial score (nSPS) is 16.5. The summed E-state index contributed by atoms with van der Waals surface area (Å²) in [6.07, 6.45) is 4.49. The van der Waals surface area contributed by atoms with Gasteiger partial charge in [0, 0.05) is 25.8 Å². The SMILES string of the molecule is Cc1nc2cc(OCc3nc(C(=O)NCCC[C@H]4CCOC4)co3)ccc2s1. The summed E-state index contributed by atoms with van der Waals surface area (Å²) in [6.45, 7) is 4.46. The molecule has 1 atom stereocenters. The van der Waals surface area contributed by atoms with Gasteiger partial charge in [0.2, 0.25) is 5.89 Å². The maximum Gasteiger partial charge on any atom is 0.273 e. The van der Waals surface area contributed by atoms with Gasteiger partial charge < -0.3 is 19.2 Å². The van der Waals surface area contributed by atoms with Gasteiger partial charge in [0.1, 0.15) is 12.0 Å². The molecule has 148 valence electrons. The standard InChI is InChI=1S/C20H23N3O4S/c1-13-22-16-9-15(4-5-18(16)28-13)26-12-19-23-17(11-27-19)20(24)21-7-2-3-14-6-8-25-10-14/h4-5,9,11,14H,2-3,6-8,10,12H2,1H3,(H,21,24)/t14-/m0/s1. The third-order valence-corrected chi connectivity index (χ3v) is 5.66. The number of aryl methyl sites for hydroxylation is 1. The molecule has 1 aromatic carbocycles. The Balaban J connectivity index is 1.24. The number of thiazole rings is 1. The third-order valence-electron chi connectivity index (χ3n) is 4.71. The Bertz CT molecular complexity index is 946. The zero-order chi connectivity index (χ0) is 19.3. The summed E-state index contributed by atoms with van der Waals surface area (Å²) in [5.41, 5.74) is 1.19. The number of fused-ring (bicyclic) bond motifs is 1. The van der Waals surface area contributed by atoms with E-state index in [4.69, 9.17) is 13.9 Å². The molecule has 0 aliphatic carbocycles. The van der Waals surface area contributed by atoms with Gasteiger partial charge in [-0.15, -0.1) is 11.3 Å². The quantitative estimate of drug-likeness (QED) is 0.579. The molecule has 1 aliphatic heterocycles. The first-order valence-electron chi connectivity index (χ1n) is 9.48. The lowest BCUT2D eigenvalue weighted by atomic mass is 10.0. The molecule has 0 unspecified atom stereocenters. The van der Waals surface area contributed by atoms with E-state index < -0.39 is 0 Å². The first-order valence-corrected chi connectivity index (χ1v) is 10.3. The van der Waals surface area contributed by atoms with Crippen molar-refractivity contribution in [2.24, 2.45) is 5.92 Å². The van der Waals surface area contributed by atoms with Crippen LogP contribution >= 0.6 is 11.3 Å². The summed E-state index contributed by atoms with van der Waals surface area (Å²) < 4.78 is 17.6. The molecule has 28 heavy (non-hydrogen) atoms. The fourth-order valence-corrected chi connectivity index (χ4v) is 4.04. The van der Waals surface area contributed by atoms with E-state index in [0.29, 0.717) is 24.1 Å². The van der Waals surface area contributed by atoms with Crippen LogP contribution in [0.2, 0.25) is 0 Å². The first-order chi connectivity index (χ1) is 13.7. The number of hydrogen-bond donors (Lipinski definition) is 1. The number of rotatable bonds is 8. The Morgan fingerprint density at radius 1 is 1.39 bits per heavy atom. The highest BCUT2D eigenvalue weighted by Crippen LogP contribution is 2.26. The number of aromatic nitrogens is 2. The molecular formula is C20H23N3O4S. The molecule has 3 aromatic rings. The van der Waals surface area contributed by atoms with Crippen LogP contribution in [-0.2, 0) is 11.3 Å². The zero-order valence-electron chi connectivity index (χ0n) is 15.8. The lowest BCUT2D eigenvalue weighted by Crippen LogP contribution is -2.25. The lowest BCUT2D eigenvalue weighted by molar-refractivity contribution is 0.0947. The molecule has 0 bridgehead atoms. The molecule has 0 radical (unpaired) electrons. The van der Waals surface area contributed by atoms with E-state index in [2.05, 4.69) is 15.3 Å². The van der Waals surface area contributed by atoms with Crippen molar-refractivity contribution in [2.75, 3.05) is 19.8 Å². The second-order valence-corrected chi connectivity index (χ2v) is 8.14. The van der Waals surface area contributed by atoms with Crippen LogP contribution in [0.15, 0.2) is 28.9 Å². The predicted octanol–water partition coefficient (Wildman–Crippen LogP) is 3.72. The highest BCUT2D eigenvalue weighted by Gasteiger charge is 2.16. The van der Waals surface area contributed by atoms with Crippen LogP contribution in [0.4, 0.5) is 0 Å². The van der Waals surface area contributed by atoms with E-state index in [1.54, 1.807) is 11.3 Å². The molecule has 2 aromatic heterocycles. The van der Waals surface area contributed by atoms with Crippen LogP contribution in [0, 0.1) is 12.8 Å². The molecule has 8 heteroatoms. The number of carbonyl (C=O) groups excluding carboxylic acids is 1. The van der Waals surface area contributed by atoms with Gasteiger partial charge in [-0.3, -0.25) is 4.79 Å². The Hall–Kier alpha value is -2.45. The minimum atomic E-state index is -0.225. The van der Waals surface area contributed by atoms with Crippen LogP contribution in [0.1, 0.15) is 40.6 Å². The topological polar surface area (TPSA) is 86.5 Å². The molecule has 1 saturated heterocycles.